The predicted molar refractivity (Wildman–Crippen MR) is 131 cm³/mol. The van der Waals surface area contributed by atoms with Crippen molar-refractivity contribution in [3.63, 3.8) is 0 Å². The summed E-state index contributed by atoms with van der Waals surface area (Å²) in [4.78, 5) is 26.5. The monoisotopic (exact) mass is 455 g/mol. The number of nitrogens with zero attached hydrogens (tertiary/aromatic N) is 1. The van der Waals surface area contributed by atoms with Crippen LogP contribution in [0.3, 0.4) is 0 Å². The van der Waals surface area contributed by atoms with Crippen LogP contribution in [0.1, 0.15) is 37.5 Å². The highest BCUT2D eigenvalue weighted by atomic mass is 16.6. The molecule has 1 atom stereocenters. The Morgan fingerprint density at radius 2 is 1.24 bits per heavy atom. The Balaban J connectivity index is 1.74. The maximum absolute atomic E-state index is 12.8. The number of carbonyl (C=O) groups is 2. The largest absolute Gasteiger partial charge is 0.443 e. The van der Waals surface area contributed by atoms with E-state index in [1.54, 1.807) is 26.8 Å². The molecule has 0 aromatic heterocycles. The molecule has 0 radical (unpaired) electrons. The molecule has 34 heavy (non-hydrogen) atoms. The highest BCUT2D eigenvalue weighted by Gasteiger charge is 2.41. The van der Waals surface area contributed by atoms with Crippen LogP contribution in [0.15, 0.2) is 103 Å². The number of ether oxygens (including phenoxy) is 2. The van der Waals surface area contributed by atoms with Crippen LogP contribution in [0.25, 0.3) is 0 Å². The van der Waals surface area contributed by atoms with Gasteiger partial charge in [-0.1, -0.05) is 97.1 Å². The quantitative estimate of drug-likeness (QED) is 0.448. The summed E-state index contributed by atoms with van der Waals surface area (Å²) in [6, 6.07) is 29.3. The van der Waals surface area contributed by atoms with Crippen molar-refractivity contribution in [2.45, 2.75) is 38.0 Å². The van der Waals surface area contributed by atoms with Gasteiger partial charge in [-0.2, -0.15) is 0 Å². The molecule has 0 bridgehead atoms. The lowest BCUT2D eigenvalue weighted by atomic mass is 9.80. The SMILES string of the molecule is CC(C)(C)OC(=O)N1C(=O)C=CC1COC(c1ccccc1)(c1ccccc1)c1ccccc1. The predicted octanol–water partition coefficient (Wildman–Crippen LogP) is 5.70. The minimum atomic E-state index is -0.942. The number of benzene rings is 3. The Hall–Kier alpha value is -3.70. The van der Waals surface area contributed by atoms with Crippen molar-refractivity contribution < 1.29 is 19.1 Å². The van der Waals surface area contributed by atoms with Gasteiger partial charge in [-0.25, -0.2) is 9.69 Å². The van der Waals surface area contributed by atoms with Crippen LogP contribution in [-0.2, 0) is 19.9 Å². The fourth-order valence-corrected chi connectivity index (χ4v) is 4.17. The molecule has 0 saturated carbocycles. The van der Waals surface area contributed by atoms with Crippen LogP contribution in [0.4, 0.5) is 4.79 Å². The van der Waals surface area contributed by atoms with E-state index in [1.807, 2.05) is 91.0 Å². The topological polar surface area (TPSA) is 55.8 Å². The van der Waals surface area contributed by atoms with Gasteiger partial charge in [0, 0.05) is 6.08 Å². The summed E-state index contributed by atoms with van der Waals surface area (Å²) in [5.41, 5.74) is 1.19. The molecule has 5 nitrogen and oxygen atoms in total. The summed E-state index contributed by atoms with van der Waals surface area (Å²) in [7, 11) is 0. The van der Waals surface area contributed by atoms with E-state index in [4.69, 9.17) is 9.47 Å². The summed E-state index contributed by atoms with van der Waals surface area (Å²) in [6.07, 6.45) is 2.41. The molecule has 0 aliphatic carbocycles. The lowest BCUT2D eigenvalue weighted by Crippen LogP contribution is -2.46. The van der Waals surface area contributed by atoms with Gasteiger partial charge in [-0.05, 0) is 37.5 Å². The molecule has 0 spiro atoms. The van der Waals surface area contributed by atoms with Crippen molar-refractivity contribution >= 4 is 12.0 Å². The standard InChI is InChI=1S/C29H29NO4/c1-28(2,3)34-27(32)30-25(19-20-26(30)31)21-33-29(22-13-7-4-8-14-22,23-15-9-5-10-16-23)24-17-11-6-12-18-24/h4-20,25H,21H2,1-3H3. The van der Waals surface area contributed by atoms with Crippen LogP contribution >= 0.6 is 0 Å². The lowest BCUT2D eigenvalue weighted by Gasteiger charge is -2.37. The zero-order valence-electron chi connectivity index (χ0n) is 19.7. The van der Waals surface area contributed by atoms with Crippen molar-refractivity contribution in [3.8, 4) is 0 Å². The van der Waals surface area contributed by atoms with Gasteiger partial charge in [0.15, 0.2) is 0 Å². The first-order chi connectivity index (χ1) is 16.3. The van der Waals surface area contributed by atoms with Crippen LogP contribution in [0, 0.1) is 0 Å². The summed E-state index contributed by atoms with van der Waals surface area (Å²) >= 11 is 0. The highest BCUT2D eigenvalue weighted by Crippen LogP contribution is 2.40. The second kappa shape index (κ2) is 9.65. The van der Waals surface area contributed by atoms with E-state index in [-0.39, 0.29) is 6.61 Å². The third-order valence-corrected chi connectivity index (χ3v) is 5.63. The summed E-state index contributed by atoms with van der Waals surface area (Å²) in [5, 5.41) is 0. The van der Waals surface area contributed by atoms with Gasteiger partial charge in [0.1, 0.15) is 11.2 Å². The Morgan fingerprint density at radius 1 is 0.794 bits per heavy atom. The zero-order valence-corrected chi connectivity index (χ0v) is 19.7. The average Bonchev–Trinajstić information content (AvgIpc) is 3.21. The van der Waals surface area contributed by atoms with Crippen LogP contribution in [-0.4, -0.2) is 35.2 Å². The van der Waals surface area contributed by atoms with E-state index in [1.165, 1.54) is 6.08 Å². The van der Waals surface area contributed by atoms with Gasteiger partial charge in [-0.3, -0.25) is 4.79 Å². The van der Waals surface area contributed by atoms with E-state index in [9.17, 15) is 9.59 Å². The molecule has 4 rings (SSSR count). The molecule has 3 aromatic carbocycles. The molecule has 2 amide bonds. The maximum atomic E-state index is 12.8. The third-order valence-electron chi connectivity index (χ3n) is 5.63. The summed E-state index contributed by atoms with van der Waals surface area (Å²) < 4.78 is 12.3. The minimum absolute atomic E-state index is 0.0974. The number of amides is 2. The minimum Gasteiger partial charge on any atom is -0.443 e. The Kier molecular flexibility index (Phi) is 6.66. The highest BCUT2D eigenvalue weighted by molar-refractivity contribution is 6.01. The molecule has 1 aliphatic heterocycles. The first-order valence-electron chi connectivity index (χ1n) is 11.4. The van der Waals surface area contributed by atoms with Gasteiger partial charge < -0.3 is 9.47 Å². The molecular formula is C29H29NO4. The van der Waals surface area contributed by atoms with Gasteiger partial charge in [-0.15, -0.1) is 0 Å². The van der Waals surface area contributed by atoms with E-state index >= 15 is 0 Å². The molecule has 5 heteroatoms. The normalized spacial score (nSPS) is 16.0. The first kappa shape index (κ1) is 23.5. The van der Waals surface area contributed by atoms with Crippen molar-refractivity contribution in [1.29, 1.82) is 0 Å². The smallest absolute Gasteiger partial charge is 0.417 e. The molecule has 1 unspecified atom stereocenters. The van der Waals surface area contributed by atoms with E-state index in [2.05, 4.69) is 0 Å². The second-order valence-corrected chi connectivity index (χ2v) is 9.21. The second-order valence-electron chi connectivity index (χ2n) is 9.21. The molecule has 0 saturated heterocycles. The van der Waals surface area contributed by atoms with Gasteiger partial charge in [0.25, 0.3) is 5.91 Å². The van der Waals surface area contributed by atoms with E-state index in [0.29, 0.717) is 0 Å². The molecule has 174 valence electrons. The number of hydrogen-bond donors (Lipinski definition) is 0. The van der Waals surface area contributed by atoms with E-state index in [0.717, 1.165) is 21.6 Å². The van der Waals surface area contributed by atoms with E-state index < -0.39 is 29.2 Å². The van der Waals surface area contributed by atoms with Crippen LogP contribution < -0.4 is 0 Å². The van der Waals surface area contributed by atoms with Gasteiger partial charge >= 0.3 is 6.09 Å². The van der Waals surface area contributed by atoms with Gasteiger partial charge in [0.2, 0.25) is 0 Å². The van der Waals surface area contributed by atoms with Gasteiger partial charge in [0.05, 0.1) is 12.6 Å². The Bertz CT molecular complexity index is 1050. The lowest BCUT2D eigenvalue weighted by molar-refractivity contribution is -0.127. The number of hydrogen-bond acceptors (Lipinski definition) is 4. The molecular weight excluding hydrogens is 426 g/mol. The molecule has 1 heterocycles. The van der Waals surface area contributed by atoms with Crippen molar-refractivity contribution in [2.24, 2.45) is 0 Å². The first-order valence-corrected chi connectivity index (χ1v) is 11.4. The Labute approximate surface area is 200 Å². The Morgan fingerprint density at radius 3 is 1.65 bits per heavy atom. The molecule has 3 aromatic rings. The maximum Gasteiger partial charge on any atom is 0.417 e. The number of imide groups is 1. The molecule has 0 fully saturated rings. The summed E-state index contributed by atoms with van der Waals surface area (Å²) in [6.45, 7) is 5.42. The van der Waals surface area contributed by atoms with Crippen LogP contribution in [0.2, 0.25) is 0 Å². The zero-order chi connectivity index (χ0) is 24.2. The van der Waals surface area contributed by atoms with Crippen molar-refractivity contribution in [1.82, 2.24) is 4.90 Å². The summed E-state index contributed by atoms with van der Waals surface area (Å²) in [5.74, 6) is -0.410. The van der Waals surface area contributed by atoms with Crippen molar-refractivity contribution in [2.75, 3.05) is 6.61 Å². The number of rotatable bonds is 6. The fourth-order valence-electron chi connectivity index (χ4n) is 4.17. The molecule has 0 N–H and O–H groups in total. The average molecular weight is 456 g/mol. The van der Waals surface area contributed by atoms with Crippen LogP contribution in [0.5, 0.6) is 0 Å². The fraction of sp³-hybridized carbons (Fsp3) is 0.241. The number of carbonyl (C=O) groups excluding carboxylic acids is 2. The van der Waals surface area contributed by atoms with Crippen molar-refractivity contribution in [3.05, 3.63) is 120 Å². The third kappa shape index (κ3) is 4.80. The molecule has 1 aliphatic rings.